The number of carboxylic acids is 1. The predicted molar refractivity (Wildman–Crippen MR) is 67.4 cm³/mol. The number of rotatable bonds is 6. The highest BCUT2D eigenvalue weighted by atomic mass is 32.2. The van der Waals surface area contributed by atoms with Crippen molar-refractivity contribution in [1.29, 1.82) is 0 Å². The Morgan fingerprint density at radius 2 is 2.11 bits per heavy atom. The van der Waals surface area contributed by atoms with E-state index in [0.29, 0.717) is 17.0 Å². The lowest BCUT2D eigenvalue weighted by Crippen LogP contribution is -2.19. The molecule has 18 heavy (non-hydrogen) atoms. The molecule has 6 nitrogen and oxygen atoms in total. The SMILES string of the molecule is COc1ccc(NS(=O)(=O)CCC(=O)O)c(C)c1. The monoisotopic (exact) mass is 273 g/mol. The molecule has 0 aliphatic rings. The van der Waals surface area contributed by atoms with Gasteiger partial charge in [0.05, 0.1) is 25.0 Å². The summed E-state index contributed by atoms with van der Waals surface area (Å²) in [4.78, 5) is 10.3. The molecule has 0 aliphatic carbocycles. The van der Waals surface area contributed by atoms with Gasteiger partial charge in [0.15, 0.2) is 0 Å². The Balaban J connectivity index is 2.81. The molecule has 0 heterocycles. The molecule has 0 aliphatic heterocycles. The predicted octanol–water partition coefficient (Wildman–Crippen LogP) is 1.22. The second-order valence-corrected chi connectivity index (χ2v) is 5.59. The van der Waals surface area contributed by atoms with Crippen LogP contribution in [0.2, 0.25) is 0 Å². The minimum absolute atomic E-state index is 0.418. The van der Waals surface area contributed by atoms with E-state index < -0.39 is 28.2 Å². The van der Waals surface area contributed by atoms with Gasteiger partial charge in [-0.3, -0.25) is 9.52 Å². The Morgan fingerprint density at radius 1 is 1.44 bits per heavy atom. The van der Waals surface area contributed by atoms with Crippen molar-refractivity contribution in [3.63, 3.8) is 0 Å². The van der Waals surface area contributed by atoms with Crippen molar-refractivity contribution in [2.45, 2.75) is 13.3 Å². The molecular formula is C11H15NO5S. The largest absolute Gasteiger partial charge is 0.497 e. The smallest absolute Gasteiger partial charge is 0.304 e. The van der Waals surface area contributed by atoms with Crippen LogP contribution in [0.4, 0.5) is 5.69 Å². The molecule has 0 amide bonds. The third kappa shape index (κ3) is 4.25. The van der Waals surface area contributed by atoms with E-state index in [-0.39, 0.29) is 0 Å². The molecule has 0 bridgehead atoms. The average Bonchev–Trinajstić information content (AvgIpc) is 2.29. The number of aliphatic carboxylic acids is 1. The fourth-order valence-electron chi connectivity index (χ4n) is 1.32. The van der Waals surface area contributed by atoms with E-state index in [9.17, 15) is 13.2 Å². The average molecular weight is 273 g/mol. The number of carboxylic acid groups (broad SMARTS) is 1. The Morgan fingerprint density at radius 3 is 2.61 bits per heavy atom. The Hall–Kier alpha value is -1.76. The summed E-state index contributed by atoms with van der Waals surface area (Å²) < 4.78 is 30.6. The zero-order valence-corrected chi connectivity index (χ0v) is 11.0. The van der Waals surface area contributed by atoms with Gasteiger partial charge >= 0.3 is 5.97 Å². The molecule has 1 aromatic carbocycles. The maximum atomic E-state index is 11.6. The zero-order chi connectivity index (χ0) is 13.8. The highest BCUT2D eigenvalue weighted by Gasteiger charge is 2.14. The minimum Gasteiger partial charge on any atom is -0.497 e. The second kappa shape index (κ2) is 5.72. The van der Waals surface area contributed by atoms with Crippen molar-refractivity contribution in [3.05, 3.63) is 23.8 Å². The summed E-state index contributed by atoms with van der Waals surface area (Å²) in [5, 5.41) is 8.46. The van der Waals surface area contributed by atoms with Crippen LogP contribution in [0, 0.1) is 6.92 Å². The molecule has 0 aromatic heterocycles. The van der Waals surface area contributed by atoms with E-state index in [1.807, 2.05) is 0 Å². The maximum Gasteiger partial charge on any atom is 0.304 e. The van der Waals surface area contributed by atoms with E-state index in [2.05, 4.69) is 4.72 Å². The first-order valence-electron chi connectivity index (χ1n) is 5.21. The Labute approximate surface area is 106 Å². The van der Waals surface area contributed by atoms with Crippen molar-refractivity contribution in [3.8, 4) is 5.75 Å². The van der Waals surface area contributed by atoms with Gasteiger partial charge in [0.2, 0.25) is 10.0 Å². The van der Waals surface area contributed by atoms with Gasteiger partial charge in [-0.05, 0) is 30.7 Å². The van der Waals surface area contributed by atoms with Gasteiger partial charge in [0.25, 0.3) is 0 Å². The van der Waals surface area contributed by atoms with Crippen molar-refractivity contribution in [1.82, 2.24) is 0 Å². The molecule has 0 unspecified atom stereocenters. The molecule has 0 fully saturated rings. The minimum atomic E-state index is -3.64. The van der Waals surface area contributed by atoms with Gasteiger partial charge in [-0.1, -0.05) is 0 Å². The number of nitrogens with one attached hydrogen (secondary N) is 1. The molecule has 2 N–H and O–H groups in total. The number of carbonyl (C=O) groups is 1. The van der Waals surface area contributed by atoms with Gasteiger partial charge in [0.1, 0.15) is 5.75 Å². The number of sulfonamides is 1. The molecule has 100 valence electrons. The number of methoxy groups -OCH3 is 1. The summed E-state index contributed by atoms with van der Waals surface area (Å²) in [6.45, 7) is 1.73. The van der Waals surface area contributed by atoms with Crippen LogP contribution >= 0.6 is 0 Å². The van der Waals surface area contributed by atoms with E-state index in [1.165, 1.54) is 7.11 Å². The topological polar surface area (TPSA) is 92.7 Å². The molecule has 0 radical (unpaired) electrons. The first-order chi connectivity index (χ1) is 8.34. The molecule has 0 saturated heterocycles. The van der Waals surface area contributed by atoms with Crippen molar-refractivity contribution < 1.29 is 23.1 Å². The molecule has 0 atom stereocenters. The highest BCUT2D eigenvalue weighted by Crippen LogP contribution is 2.22. The number of hydrogen-bond acceptors (Lipinski definition) is 4. The van der Waals surface area contributed by atoms with E-state index in [4.69, 9.17) is 9.84 Å². The summed E-state index contributed by atoms with van der Waals surface area (Å²) in [6, 6.07) is 4.89. The highest BCUT2D eigenvalue weighted by molar-refractivity contribution is 7.92. The van der Waals surface area contributed by atoms with Crippen molar-refractivity contribution >= 4 is 21.7 Å². The number of aryl methyl sites for hydroxylation is 1. The quantitative estimate of drug-likeness (QED) is 0.813. The summed E-state index contributed by atoms with van der Waals surface area (Å²) in [6.07, 6.45) is -0.426. The zero-order valence-electron chi connectivity index (χ0n) is 10.1. The lowest BCUT2D eigenvalue weighted by molar-refractivity contribution is -0.136. The fraction of sp³-hybridized carbons (Fsp3) is 0.364. The van der Waals surface area contributed by atoms with Crippen LogP contribution in [0.5, 0.6) is 5.75 Å². The van der Waals surface area contributed by atoms with Crippen LogP contribution in [0.3, 0.4) is 0 Å². The molecule has 1 rings (SSSR count). The lowest BCUT2D eigenvalue weighted by atomic mass is 10.2. The van der Waals surface area contributed by atoms with Gasteiger partial charge < -0.3 is 9.84 Å². The van der Waals surface area contributed by atoms with Crippen LogP contribution in [-0.4, -0.2) is 32.4 Å². The first kappa shape index (κ1) is 14.3. The summed E-state index contributed by atoms with van der Waals surface area (Å²) >= 11 is 0. The number of hydrogen-bond donors (Lipinski definition) is 2. The van der Waals surface area contributed by atoms with Crippen LogP contribution < -0.4 is 9.46 Å². The molecule has 0 spiro atoms. The summed E-state index contributed by atoms with van der Waals surface area (Å²) in [7, 11) is -2.12. The van der Waals surface area contributed by atoms with Gasteiger partial charge in [0, 0.05) is 0 Å². The second-order valence-electron chi connectivity index (χ2n) is 3.75. The molecule has 0 saturated carbocycles. The summed E-state index contributed by atoms with van der Waals surface area (Å²) in [5.74, 6) is -0.971. The van der Waals surface area contributed by atoms with Crippen LogP contribution in [0.1, 0.15) is 12.0 Å². The first-order valence-corrected chi connectivity index (χ1v) is 6.86. The normalized spacial score (nSPS) is 11.0. The standard InChI is InChI=1S/C11H15NO5S/c1-8-7-9(17-2)3-4-10(8)12-18(15,16)6-5-11(13)14/h3-4,7,12H,5-6H2,1-2H3,(H,13,14). The van der Waals surface area contributed by atoms with Crippen molar-refractivity contribution in [2.24, 2.45) is 0 Å². The number of benzene rings is 1. The van der Waals surface area contributed by atoms with E-state index in [0.717, 1.165) is 0 Å². The number of ether oxygens (including phenoxy) is 1. The Bertz CT molecular complexity index is 538. The Kier molecular flexibility index (Phi) is 4.55. The number of anilines is 1. The lowest BCUT2D eigenvalue weighted by Gasteiger charge is -2.10. The van der Waals surface area contributed by atoms with Crippen LogP contribution in [-0.2, 0) is 14.8 Å². The maximum absolute atomic E-state index is 11.6. The van der Waals surface area contributed by atoms with Gasteiger partial charge in [-0.2, -0.15) is 0 Å². The van der Waals surface area contributed by atoms with Gasteiger partial charge in [-0.25, -0.2) is 8.42 Å². The third-order valence-electron chi connectivity index (χ3n) is 2.28. The van der Waals surface area contributed by atoms with Crippen LogP contribution in [0.25, 0.3) is 0 Å². The van der Waals surface area contributed by atoms with E-state index in [1.54, 1.807) is 25.1 Å². The fourth-order valence-corrected chi connectivity index (χ4v) is 2.43. The van der Waals surface area contributed by atoms with Crippen LogP contribution in [0.15, 0.2) is 18.2 Å². The van der Waals surface area contributed by atoms with E-state index >= 15 is 0 Å². The summed E-state index contributed by atoms with van der Waals surface area (Å²) in [5.41, 5.74) is 1.12. The van der Waals surface area contributed by atoms with Crippen molar-refractivity contribution in [2.75, 3.05) is 17.6 Å². The third-order valence-corrected chi connectivity index (χ3v) is 3.56. The molecular weight excluding hydrogens is 258 g/mol. The van der Waals surface area contributed by atoms with Gasteiger partial charge in [-0.15, -0.1) is 0 Å². The molecule has 1 aromatic rings. The molecule has 7 heteroatoms.